The first kappa shape index (κ1) is 26.3. The number of phenols is 2. The van der Waals surface area contributed by atoms with E-state index in [0.29, 0.717) is 0 Å². The Kier molecular flexibility index (Phi) is 7.34. The van der Waals surface area contributed by atoms with E-state index in [1.54, 1.807) is 0 Å². The van der Waals surface area contributed by atoms with Crippen molar-refractivity contribution in [2.45, 2.75) is 30.7 Å². The number of aliphatic hydroxyl groups is 4. The van der Waals surface area contributed by atoms with Gasteiger partial charge in [0.25, 0.3) is 0 Å². The zero-order valence-electron chi connectivity index (χ0n) is 19.9. The highest BCUT2D eigenvalue weighted by Crippen LogP contribution is 2.44. The maximum absolute atomic E-state index is 13.1. The summed E-state index contributed by atoms with van der Waals surface area (Å²) in [7, 11) is 3.83. The summed E-state index contributed by atoms with van der Waals surface area (Å²) in [4.78, 5) is 13.1. The molecule has 5 atom stereocenters. The molecule has 200 valence electrons. The average molecular weight is 522 g/mol. The highest BCUT2D eigenvalue weighted by molar-refractivity contribution is 5.91. The van der Waals surface area contributed by atoms with Crippen molar-refractivity contribution < 1.29 is 58.7 Å². The van der Waals surface area contributed by atoms with Gasteiger partial charge in [-0.2, -0.15) is 0 Å². The number of benzene rings is 2. The molecule has 0 bridgehead atoms. The maximum Gasteiger partial charge on any atom is 0.239 e. The summed E-state index contributed by atoms with van der Waals surface area (Å²) in [6.07, 6.45) is -7.62. The third kappa shape index (κ3) is 4.47. The smallest absolute Gasteiger partial charge is 0.239 e. The molecule has 1 aromatic heterocycles. The van der Waals surface area contributed by atoms with Crippen LogP contribution in [0.4, 0.5) is 0 Å². The molecule has 2 heterocycles. The topological polar surface area (TPSA) is 198 Å². The predicted molar refractivity (Wildman–Crippen MR) is 125 cm³/mol. The zero-order chi connectivity index (χ0) is 27.0. The van der Waals surface area contributed by atoms with Gasteiger partial charge >= 0.3 is 0 Å². The summed E-state index contributed by atoms with van der Waals surface area (Å²) in [5.74, 6) is -1.73. The van der Waals surface area contributed by atoms with Gasteiger partial charge in [-0.25, -0.2) is 0 Å². The Morgan fingerprint density at radius 3 is 2.19 bits per heavy atom. The molecular formula is C24H26O13. The Bertz CT molecular complexity index is 1350. The van der Waals surface area contributed by atoms with Gasteiger partial charge in [-0.05, 0) is 18.2 Å². The zero-order valence-corrected chi connectivity index (χ0v) is 19.9. The molecule has 1 fully saturated rings. The molecule has 1 aliphatic heterocycles. The van der Waals surface area contributed by atoms with Crippen LogP contribution in [0.5, 0.6) is 34.5 Å². The first-order chi connectivity index (χ1) is 17.7. The van der Waals surface area contributed by atoms with Crippen molar-refractivity contribution in [1.82, 2.24) is 0 Å². The van der Waals surface area contributed by atoms with Gasteiger partial charge < -0.3 is 58.7 Å². The third-order valence-corrected chi connectivity index (χ3v) is 6.00. The standard InChI is InChI=1S/C24H26O13/c1-32-10-5-4-9(6-11(10)36-24-21(31)20(30)17(27)14(8-25)37-24)22-23(34-3)19(29)15-12(35-22)7-13(33-2)16(26)18(15)28/h4-7,14,17,20-21,24-28,30-31H,8H2,1-3H3/t14-,17-,20+,21-,24-/m1/s1. The van der Waals surface area contributed by atoms with Gasteiger partial charge in [0.15, 0.2) is 28.8 Å². The molecule has 13 heteroatoms. The summed E-state index contributed by atoms with van der Waals surface area (Å²) in [5, 5.41) is 60.0. The normalized spacial score (nSPS) is 23.6. The van der Waals surface area contributed by atoms with Crippen molar-refractivity contribution in [2.24, 2.45) is 0 Å². The molecule has 3 aromatic rings. The lowest BCUT2D eigenvalue weighted by molar-refractivity contribution is -0.277. The van der Waals surface area contributed by atoms with Crippen molar-refractivity contribution >= 4 is 11.0 Å². The van der Waals surface area contributed by atoms with Gasteiger partial charge in [-0.15, -0.1) is 0 Å². The number of ether oxygens (including phenoxy) is 5. The molecule has 0 radical (unpaired) electrons. The van der Waals surface area contributed by atoms with Gasteiger partial charge in [0.05, 0.1) is 27.9 Å². The first-order valence-corrected chi connectivity index (χ1v) is 11.0. The minimum Gasteiger partial charge on any atom is -0.504 e. The Morgan fingerprint density at radius 1 is 0.865 bits per heavy atom. The van der Waals surface area contributed by atoms with Crippen LogP contribution in [0.1, 0.15) is 0 Å². The molecule has 0 amide bonds. The predicted octanol–water partition coefficient (Wildman–Crippen LogP) is 0.0757. The molecule has 37 heavy (non-hydrogen) atoms. The van der Waals surface area contributed by atoms with Gasteiger partial charge in [-0.1, -0.05) is 0 Å². The summed E-state index contributed by atoms with van der Waals surface area (Å²) in [6, 6.07) is 5.59. The fourth-order valence-electron chi connectivity index (χ4n) is 4.02. The summed E-state index contributed by atoms with van der Waals surface area (Å²) in [6.45, 7) is -0.646. The fraction of sp³-hybridized carbons (Fsp3) is 0.375. The van der Waals surface area contributed by atoms with Crippen LogP contribution < -0.4 is 24.4 Å². The van der Waals surface area contributed by atoms with Gasteiger partial charge in [0.1, 0.15) is 35.4 Å². The number of aromatic hydroxyl groups is 2. The fourth-order valence-corrected chi connectivity index (χ4v) is 4.02. The van der Waals surface area contributed by atoms with E-state index in [4.69, 9.17) is 28.1 Å². The molecule has 0 unspecified atom stereocenters. The van der Waals surface area contributed by atoms with E-state index >= 15 is 0 Å². The molecule has 13 nitrogen and oxygen atoms in total. The monoisotopic (exact) mass is 522 g/mol. The number of hydrogen-bond donors (Lipinski definition) is 6. The Balaban J connectivity index is 1.83. The molecule has 4 rings (SSSR count). The minimum absolute atomic E-state index is 0.0136. The van der Waals surface area contributed by atoms with Crippen LogP contribution >= 0.6 is 0 Å². The van der Waals surface area contributed by atoms with Crippen LogP contribution in [0.15, 0.2) is 33.5 Å². The quantitative estimate of drug-likeness (QED) is 0.228. The molecule has 0 aliphatic carbocycles. The van der Waals surface area contributed by atoms with E-state index in [0.717, 1.165) is 0 Å². The highest BCUT2D eigenvalue weighted by Gasteiger charge is 2.45. The SMILES string of the molecule is COc1ccc(-c2oc3cc(OC)c(O)c(O)c3c(=O)c2OC)cc1O[C@@H]1O[C@H](CO)[C@@H](O)[C@H](O)[C@H]1O. The van der Waals surface area contributed by atoms with Crippen molar-refractivity contribution in [3.05, 3.63) is 34.5 Å². The van der Waals surface area contributed by atoms with Crippen LogP contribution in [0.3, 0.4) is 0 Å². The molecular weight excluding hydrogens is 496 g/mol. The summed E-state index contributed by atoms with van der Waals surface area (Å²) < 4.78 is 32.6. The van der Waals surface area contributed by atoms with E-state index in [1.807, 2.05) is 0 Å². The molecule has 2 aromatic carbocycles. The maximum atomic E-state index is 13.1. The first-order valence-electron chi connectivity index (χ1n) is 11.0. The van der Waals surface area contributed by atoms with E-state index in [1.165, 1.54) is 45.6 Å². The molecule has 1 saturated heterocycles. The number of methoxy groups -OCH3 is 3. The van der Waals surface area contributed by atoms with Crippen molar-refractivity contribution in [3.8, 4) is 45.8 Å². The van der Waals surface area contributed by atoms with Gasteiger partial charge in [0, 0.05) is 11.6 Å². The van der Waals surface area contributed by atoms with Crippen molar-refractivity contribution in [3.63, 3.8) is 0 Å². The summed E-state index contributed by atoms with van der Waals surface area (Å²) >= 11 is 0. The second-order valence-corrected chi connectivity index (χ2v) is 8.12. The number of phenolic OH excluding ortho intramolecular Hbond substituents is 2. The minimum atomic E-state index is -1.68. The van der Waals surface area contributed by atoms with Gasteiger partial charge in [0.2, 0.25) is 23.2 Å². The van der Waals surface area contributed by atoms with E-state index in [-0.39, 0.29) is 45.3 Å². The molecule has 0 spiro atoms. The van der Waals surface area contributed by atoms with Crippen molar-refractivity contribution in [1.29, 1.82) is 0 Å². The largest absolute Gasteiger partial charge is 0.504 e. The lowest BCUT2D eigenvalue weighted by atomic mass is 9.99. The lowest BCUT2D eigenvalue weighted by Crippen LogP contribution is -2.60. The second kappa shape index (κ2) is 10.3. The van der Waals surface area contributed by atoms with Crippen molar-refractivity contribution in [2.75, 3.05) is 27.9 Å². The number of rotatable bonds is 7. The Labute approximate surface area is 209 Å². The van der Waals surface area contributed by atoms with E-state index < -0.39 is 54.2 Å². The lowest BCUT2D eigenvalue weighted by Gasteiger charge is -2.39. The Hall–Kier alpha value is -3.75. The third-order valence-electron chi connectivity index (χ3n) is 6.00. The second-order valence-electron chi connectivity index (χ2n) is 8.12. The van der Waals surface area contributed by atoms with Gasteiger partial charge in [-0.3, -0.25) is 4.79 Å². The van der Waals surface area contributed by atoms with Crippen LogP contribution in [0.25, 0.3) is 22.3 Å². The molecule has 6 N–H and O–H groups in total. The average Bonchev–Trinajstić information content (AvgIpc) is 2.90. The molecule has 1 aliphatic rings. The summed E-state index contributed by atoms with van der Waals surface area (Å²) in [5.41, 5.74) is -0.649. The number of hydrogen-bond acceptors (Lipinski definition) is 13. The molecule has 0 saturated carbocycles. The van der Waals surface area contributed by atoms with E-state index in [2.05, 4.69) is 0 Å². The highest BCUT2D eigenvalue weighted by atomic mass is 16.7. The van der Waals surface area contributed by atoms with Crippen LogP contribution in [0, 0.1) is 0 Å². The Morgan fingerprint density at radius 2 is 1.57 bits per heavy atom. The number of fused-ring (bicyclic) bond motifs is 1. The van der Waals surface area contributed by atoms with E-state index in [9.17, 15) is 35.4 Å². The van der Waals surface area contributed by atoms with Crippen LogP contribution in [0.2, 0.25) is 0 Å². The number of aliphatic hydroxyl groups excluding tert-OH is 4. The van der Waals surface area contributed by atoms with Crippen LogP contribution in [-0.4, -0.2) is 89.3 Å². The van der Waals surface area contributed by atoms with Crippen LogP contribution in [-0.2, 0) is 4.74 Å².